The molecule has 158 valence electrons. The summed E-state index contributed by atoms with van der Waals surface area (Å²) >= 11 is 0. The van der Waals surface area contributed by atoms with Crippen molar-refractivity contribution in [2.45, 2.75) is 12.8 Å². The van der Waals surface area contributed by atoms with Crippen molar-refractivity contribution in [3.8, 4) is 23.0 Å². The minimum Gasteiger partial charge on any atom is -0.206 e. The number of halogens is 4. The van der Waals surface area contributed by atoms with Crippen LogP contribution in [0.5, 0.6) is 0 Å². The summed E-state index contributed by atoms with van der Waals surface area (Å²) in [6, 6.07) is 16.4. The minimum absolute atomic E-state index is 0.155. The second-order valence-electron chi connectivity index (χ2n) is 7.41. The third-order valence-corrected chi connectivity index (χ3v) is 5.17. The summed E-state index contributed by atoms with van der Waals surface area (Å²) in [4.78, 5) is 0. The van der Waals surface area contributed by atoms with E-state index in [9.17, 15) is 17.6 Å². The molecule has 0 aliphatic rings. The zero-order valence-electron chi connectivity index (χ0n) is 17.1. The van der Waals surface area contributed by atoms with E-state index < -0.39 is 23.3 Å². The molecular formula is C28H18F4. The van der Waals surface area contributed by atoms with E-state index in [0.717, 1.165) is 24.1 Å². The van der Waals surface area contributed by atoms with Gasteiger partial charge in [-0.2, -0.15) is 0 Å². The third kappa shape index (κ3) is 4.58. The highest BCUT2D eigenvalue weighted by Gasteiger charge is 2.09. The number of hydrogen-bond donors (Lipinski definition) is 0. The van der Waals surface area contributed by atoms with Gasteiger partial charge in [0, 0.05) is 11.1 Å². The highest BCUT2D eigenvalue weighted by atomic mass is 19.2. The lowest BCUT2D eigenvalue weighted by atomic mass is 10.00. The normalized spacial score (nSPS) is 10.6. The summed E-state index contributed by atoms with van der Waals surface area (Å²) in [5, 5.41) is 1.04. The van der Waals surface area contributed by atoms with Gasteiger partial charge in [-0.15, -0.1) is 6.58 Å². The monoisotopic (exact) mass is 430 g/mol. The smallest absolute Gasteiger partial charge is 0.159 e. The lowest BCUT2D eigenvalue weighted by Crippen LogP contribution is -1.91. The van der Waals surface area contributed by atoms with E-state index in [4.69, 9.17) is 0 Å². The summed E-state index contributed by atoms with van der Waals surface area (Å²) in [6.45, 7) is 3.66. The van der Waals surface area contributed by atoms with E-state index in [1.165, 1.54) is 18.2 Å². The van der Waals surface area contributed by atoms with Gasteiger partial charge in [0.05, 0.1) is 5.56 Å². The summed E-state index contributed by atoms with van der Waals surface area (Å²) < 4.78 is 56.0. The van der Waals surface area contributed by atoms with Crippen molar-refractivity contribution >= 4 is 10.8 Å². The fraction of sp³-hybridized carbons (Fsp3) is 0.0714. The number of benzene rings is 4. The van der Waals surface area contributed by atoms with Crippen LogP contribution in [0, 0.1) is 35.1 Å². The Morgan fingerprint density at radius 2 is 1.47 bits per heavy atom. The van der Waals surface area contributed by atoms with E-state index in [1.807, 2.05) is 6.07 Å². The van der Waals surface area contributed by atoms with Gasteiger partial charge in [0.2, 0.25) is 0 Å². The minimum atomic E-state index is -0.940. The number of aryl methyl sites for hydroxylation is 1. The first kappa shape index (κ1) is 21.4. The first-order chi connectivity index (χ1) is 15.4. The molecule has 0 aliphatic heterocycles. The van der Waals surface area contributed by atoms with Crippen molar-refractivity contribution < 1.29 is 17.6 Å². The Bertz CT molecular complexity index is 1390. The van der Waals surface area contributed by atoms with Crippen molar-refractivity contribution in [3.63, 3.8) is 0 Å². The van der Waals surface area contributed by atoms with E-state index in [2.05, 4.69) is 18.4 Å². The van der Waals surface area contributed by atoms with Crippen LogP contribution < -0.4 is 0 Å². The Hall–Kier alpha value is -3.84. The van der Waals surface area contributed by atoms with Crippen molar-refractivity contribution in [1.82, 2.24) is 0 Å². The lowest BCUT2D eigenvalue weighted by Gasteiger charge is -2.07. The van der Waals surface area contributed by atoms with Crippen LogP contribution in [0.3, 0.4) is 0 Å². The average molecular weight is 430 g/mol. The Labute approximate surface area is 183 Å². The van der Waals surface area contributed by atoms with Gasteiger partial charge in [0.25, 0.3) is 0 Å². The zero-order valence-corrected chi connectivity index (χ0v) is 17.1. The van der Waals surface area contributed by atoms with Crippen LogP contribution in [0.1, 0.15) is 23.1 Å². The second kappa shape index (κ2) is 9.11. The van der Waals surface area contributed by atoms with Gasteiger partial charge in [0.1, 0.15) is 11.6 Å². The standard InChI is InChI=1S/C28H18F4/c1-2-3-4-18-7-12-24(26(30)14-18)22-11-10-20(25(29)16-22)8-5-19-6-9-21-15-27(31)28(32)17-23(21)13-19/h2,6-7,9-17H,1,3-4H2. The molecule has 0 fully saturated rings. The molecule has 4 heteroatoms. The molecule has 0 amide bonds. The second-order valence-corrected chi connectivity index (χ2v) is 7.41. The zero-order chi connectivity index (χ0) is 22.7. The van der Waals surface area contributed by atoms with Gasteiger partial charge in [0.15, 0.2) is 11.6 Å². The fourth-order valence-electron chi connectivity index (χ4n) is 3.46. The largest absolute Gasteiger partial charge is 0.206 e. The van der Waals surface area contributed by atoms with Crippen LogP contribution in [-0.2, 0) is 6.42 Å². The summed E-state index contributed by atoms with van der Waals surface area (Å²) in [7, 11) is 0. The molecule has 4 aromatic carbocycles. The Morgan fingerprint density at radius 3 is 2.19 bits per heavy atom. The third-order valence-electron chi connectivity index (χ3n) is 5.17. The van der Waals surface area contributed by atoms with Crippen LogP contribution in [-0.4, -0.2) is 0 Å². The Morgan fingerprint density at radius 1 is 0.688 bits per heavy atom. The molecule has 32 heavy (non-hydrogen) atoms. The van der Waals surface area contributed by atoms with Gasteiger partial charge < -0.3 is 0 Å². The molecule has 0 N–H and O–H groups in total. The molecular weight excluding hydrogens is 412 g/mol. The molecule has 0 bridgehead atoms. The quantitative estimate of drug-likeness (QED) is 0.178. The fourth-order valence-corrected chi connectivity index (χ4v) is 3.46. The summed E-state index contributed by atoms with van der Waals surface area (Å²) in [6.07, 6.45) is 3.22. The van der Waals surface area contributed by atoms with Crippen LogP contribution in [0.15, 0.2) is 79.4 Å². The van der Waals surface area contributed by atoms with Crippen LogP contribution in [0.4, 0.5) is 17.6 Å². The Kier molecular flexibility index (Phi) is 6.09. The molecule has 4 rings (SSSR count). The van der Waals surface area contributed by atoms with E-state index in [1.54, 1.807) is 36.4 Å². The topological polar surface area (TPSA) is 0 Å². The highest BCUT2D eigenvalue weighted by molar-refractivity contribution is 5.84. The van der Waals surface area contributed by atoms with Gasteiger partial charge in [-0.25, -0.2) is 17.6 Å². The van der Waals surface area contributed by atoms with Gasteiger partial charge >= 0.3 is 0 Å². The van der Waals surface area contributed by atoms with E-state index in [0.29, 0.717) is 33.9 Å². The lowest BCUT2D eigenvalue weighted by molar-refractivity contribution is 0.511. The highest BCUT2D eigenvalue weighted by Crippen LogP contribution is 2.26. The van der Waals surface area contributed by atoms with Gasteiger partial charge in [-0.05, 0) is 77.2 Å². The molecule has 0 saturated heterocycles. The summed E-state index contributed by atoms with van der Waals surface area (Å²) in [5.74, 6) is 2.75. The first-order valence-corrected chi connectivity index (χ1v) is 10.0. The van der Waals surface area contributed by atoms with Gasteiger partial charge in [-0.1, -0.05) is 42.2 Å². The number of hydrogen-bond acceptors (Lipinski definition) is 0. The van der Waals surface area contributed by atoms with Crippen LogP contribution in [0.25, 0.3) is 21.9 Å². The number of fused-ring (bicyclic) bond motifs is 1. The molecule has 0 aliphatic carbocycles. The SMILES string of the molecule is C=CCCc1ccc(-c2ccc(C#Cc3ccc4cc(F)c(F)cc4c3)c(F)c2)c(F)c1. The molecule has 0 aromatic heterocycles. The maximum Gasteiger partial charge on any atom is 0.159 e. The predicted molar refractivity (Wildman–Crippen MR) is 120 cm³/mol. The number of allylic oxidation sites excluding steroid dienone is 1. The van der Waals surface area contributed by atoms with Crippen LogP contribution >= 0.6 is 0 Å². The molecule has 0 heterocycles. The maximum atomic E-state index is 14.6. The van der Waals surface area contributed by atoms with Gasteiger partial charge in [-0.3, -0.25) is 0 Å². The molecule has 0 atom stereocenters. The van der Waals surface area contributed by atoms with Crippen molar-refractivity contribution in [2.24, 2.45) is 0 Å². The molecule has 0 saturated carbocycles. The maximum absolute atomic E-state index is 14.6. The Balaban J connectivity index is 1.60. The first-order valence-electron chi connectivity index (χ1n) is 10.0. The molecule has 0 unspecified atom stereocenters. The van der Waals surface area contributed by atoms with Crippen LogP contribution in [0.2, 0.25) is 0 Å². The molecule has 4 aromatic rings. The molecule has 0 spiro atoms. The van der Waals surface area contributed by atoms with E-state index >= 15 is 0 Å². The van der Waals surface area contributed by atoms with Crippen molar-refractivity contribution in [1.29, 1.82) is 0 Å². The van der Waals surface area contributed by atoms with E-state index in [-0.39, 0.29) is 5.56 Å². The average Bonchev–Trinajstić information content (AvgIpc) is 2.78. The molecule has 0 radical (unpaired) electrons. The van der Waals surface area contributed by atoms with Crippen molar-refractivity contribution in [3.05, 3.63) is 119 Å². The van der Waals surface area contributed by atoms with Crippen molar-refractivity contribution in [2.75, 3.05) is 0 Å². The predicted octanol–water partition coefficient (Wildman–Crippen LogP) is 7.58. The number of rotatable bonds is 4. The summed E-state index contributed by atoms with van der Waals surface area (Å²) in [5.41, 5.74) is 2.28. The molecule has 0 nitrogen and oxygen atoms in total.